The summed E-state index contributed by atoms with van der Waals surface area (Å²) in [5.74, 6) is 1.46. The van der Waals surface area contributed by atoms with E-state index in [9.17, 15) is 0 Å². The summed E-state index contributed by atoms with van der Waals surface area (Å²) in [7, 11) is 4.16. The van der Waals surface area contributed by atoms with Crippen molar-refractivity contribution in [3.8, 4) is 0 Å². The van der Waals surface area contributed by atoms with Gasteiger partial charge in [-0.1, -0.05) is 30.3 Å². The van der Waals surface area contributed by atoms with Gasteiger partial charge in [0.1, 0.15) is 11.6 Å². The number of rotatable bonds is 7. The summed E-state index contributed by atoms with van der Waals surface area (Å²) in [5, 5.41) is 5.68. The van der Waals surface area contributed by atoms with Gasteiger partial charge in [-0.05, 0) is 38.9 Å². The first-order valence-corrected chi connectivity index (χ1v) is 7.30. The highest BCUT2D eigenvalue weighted by Gasteiger charge is 2.10. The van der Waals surface area contributed by atoms with Crippen LogP contribution in [0.15, 0.2) is 36.9 Å². The van der Waals surface area contributed by atoms with Gasteiger partial charge in [0.05, 0.1) is 0 Å². The molecule has 2 rings (SSSR count). The van der Waals surface area contributed by atoms with Crippen molar-refractivity contribution >= 4 is 22.4 Å². The lowest BCUT2D eigenvalue weighted by atomic mass is 10.0. The van der Waals surface area contributed by atoms with Gasteiger partial charge in [-0.2, -0.15) is 0 Å². The first-order valence-electron chi connectivity index (χ1n) is 7.30. The van der Waals surface area contributed by atoms with Gasteiger partial charge in [-0.3, -0.25) is 0 Å². The number of hydrogen-bond donors (Lipinski definition) is 2. The van der Waals surface area contributed by atoms with Gasteiger partial charge in [0, 0.05) is 17.5 Å². The molecule has 0 aliphatic rings. The molecule has 0 amide bonds. The summed E-state index contributed by atoms with van der Waals surface area (Å²) in [5.41, 5.74) is 7.17. The van der Waals surface area contributed by atoms with Crippen LogP contribution in [-0.2, 0) is 6.42 Å². The number of hydrogen-bond acceptors (Lipinski definition) is 4. The summed E-state index contributed by atoms with van der Waals surface area (Å²) in [4.78, 5) is 6.72. The average Bonchev–Trinajstić information content (AvgIpc) is 2.47. The second kappa shape index (κ2) is 7.09. The Morgan fingerprint density at radius 3 is 2.67 bits per heavy atom. The van der Waals surface area contributed by atoms with Gasteiger partial charge >= 0.3 is 0 Å². The van der Waals surface area contributed by atoms with Crippen molar-refractivity contribution in [3.63, 3.8) is 0 Å². The topological polar surface area (TPSA) is 54.2 Å². The van der Waals surface area contributed by atoms with Crippen molar-refractivity contribution in [3.05, 3.63) is 42.5 Å². The minimum Gasteiger partial charge on any atom is -0.383 e. The zero-order valence-electron chi connectivity index (χ0n) is 12.9. The van der Waals surface area contributed by atoms with E-state index in [2.05, 4.69) is 48.0 Å². The third-order valence-corrected chi connectivity index (χ3v) is 3.47. The molecule has 21 heavy (non-hydrogen) atoms. The Hall–Kier alpha value is -2.07. The molecule has 0 radical (unpaired) electrons. The fourth-order valence-electron chi connectivity index (χ4n) is 2.43. The Balaban J connectivity index is 2.28. The van der Waals surface area contributed by atoms with E-state index in [1.165, 1.54) is 0 Å². The molecule has 0 spiro atoms. The molecule has 0 bridgehead atoms. The number of pyridine rings is 1. The van der Waals surface area contributed by atoms with Crippen LogP contribution in [0.3, 0.4) is 0 Å². The maximum atomic E-state index is 6.12. The maximum absolute atomic E-state index is 6.12. The molecule has 1 aromatic heterocycles. The molecule has 4 nitrogen and oxygen atoms in total. The molecular weight excluding hydrogens is 260 g/mol. The molecule has 112 valence electrons. The fraction of sp³-hybridized carbons (Fsp3) is 0.353. The second-order valence-corrected chi connectivity index (χ2v) is 5.45. The molecular formula is C17H24N4. The highest BCUT2D eigenvalue weighted by atomic mass is 15.1. The summed E-state index contributed by atoms with van der Waals surface area (Å²) in [6.45, 7) is 5.73. The fourth-order valence-corrected chi connectivity index (χ4v) is 2.43. The Kier molecular flexibility index (Phi) is 5.17. The first-order chi connectivity index (χ1) is 10.1. The summed E-state index contributed by atoms with van der Waals surface area (Å²) >= 11 is 0. The van der Waals surface area contributed by atoms with Crippen LogP contribution in [0.25, 0.3) is 10.8 Å². The molecule has 0 aliphatic carbocycles. The van der Waals surface area contributed by atoms with E-state index < -0.39 is 0 Å². The van der Waals surface area contributed by atoms with Crippen LogP contribution in [0.5, 0.6) is 0 Å². The maximum Gasteiger partial charge on any atom is 0.136 e. The van der Waals surface area contributed by atoms with E-state index >= 15 is 0 Å². The number of nitrogens with one attached hydrogen (secondary N) is 1. The van der Waals surface area contributed by atoms with Gasteiger partial charge in [0.15, 0.2) is 0 Å². The SMILES string of the molecule is C=CCc1c(N)nc(NCCCN(C)C)c2ccccc12. The van der Waals surface area contributed by atoms with E-state index in [-0.39, 0.29) is 0 Å². The molecule has 1 aromatic carbocycles. The smallest absolute Gasteiger partial charge is 0.136 e. The number of benzene rings is 1. The van der Waals surface area contributed by atoms with E-state index in [1.807, 2.05) is 18.2 Å². The molecule has 0 saturated heterocycles. The number of aromatic nitrogens is 1. The summed E-state index contributed by atoms with van der Waals surface area (Å²) in [6, 6.07) is 8.24. The van der Waals surface area contributed by atoms with E-state index in [0.29, 0.717) is 5.82 Å². The third kappa shape index (κ3) is 3.73. The number of nitrogens with two attached hydrogens (primary N) is 1. The zero-order chi connectivity index (χ0) is 15.2. The Labute approximate surface area is 126 Å². The van der Waals surface area contributed by atoms with E-state index in [1.54, 1.807) is 0 Å². The van der Waals surface area contributed by atoms with Crippen LogP contribution in [0, 0.1) is 0 Å². The summed E-state index contributed by atoms with van der Waals surface area (Å²) in [6.07, 6.45) is 3.67. The van der Waals surface area contributed by atoms with Crippen LogP contribution in [0.2, 0.25) is 0 Å². The lowest BCUT2D eigenvalue weighted by Crippen LogP contribution is -2.17. The van der Waals surface area contributed by atoms with Crippen LogP contribution in [0.4, 0.5) is 11.6 Å². The Bertz CT molecular complexity index is 619. The van der Waals surface area contributed by atoms with Gasteiger partial charge in [-0.15, -0.1) is 6.58 Å². The zero-order valence-corrected chi connectivity index (χ0v) is 12.9. The average molecular weight is 284 g/mol. The predicted octanol–water partition coefficient (Wildman–Crippen LogP) is 2.91. The quantitative estimate of drug-likeness (QED) is 0.606. The number of fused-ring (bicyclic) bond motifs is 1. The Morgan fingerprint density at radius 1 is 1.29 bits per heavy atom. The normalized spacial score (nSPS) is 11.0. The lowest BCUT2D eigenvalue weighted by Gasteiger charge is -2.14. The highest BCUT2D eigenvalue weighted by molar-refractivity contribution is 5.96. The molecule has 0 atom stereocenters. The minimum atomic E-state index is 0.587. The van der Waals surface area contributed by atoms with Gasteiger partial charge < -0.3 is 16.0 Å². The largest absolute Gasteiger partial charge is 0.383 e. The predicted molar refractivity (Wildman–Crippen MR) is 91.7 cm³/mol. The number of anilines is 2. The number of nitrogen functional groups attached to an aromatic ring is 1. The van der Waals surface area contributed by atoms with Crippen molar-refractivity contribution in [2.24, 2.45) is 0 Å². The van der Waals surface area contributed by atoms with Crippen molar-refractivity contribution < 1.29 is 0 Å². The first kappa shape index (κ1) is 15.3. The molecule has 0 fully saturated rings. The number of nitrogens with zero attached hydrogens (tertiary/aromatic N) is 2. The van der Waals surface area contributed by atoms with Gasteiger partial charge in [0.25, 0.3) is 0 Å². The van der Waals surface area contributed by atoms with Crippen LogP contribution in [-0.4, -0.2) is 37.1 Å². The Morgan fingerprint density at radius 2 is 2.00 bits per heavy atom. The van der Waals surface area contributed by atoms with Gasteiger partial charge in [-0.25, -0.2) is 4.98 Å². The molecule has 0 saturated carbocycles. The van der Waals surface area contributed by atoms with Crippen LogP contribution >= 0.6 is 0 Å². The van der Waals surface area contributed by atoms with Crippen LogP contribution in [0.1, 0.15) is 12.0 Å². The van der Waals surface area contributed by atoms with Crippen molar-refractivity contribution in [2.75, 3.05) is 38.2 Å². The van der Waals surface area contributed by atoms with E-state index in [4.69, 9.17) is 5.73 Å². The lowest BCUT2D eigenvalue weighted by molar-refractivity contribution is 0.405. The minimum absolute atomic E-state index is 0.587. The molecule has 0 unspecified atom stereocenters. The van der Waals surface area contributed by atoms with E-state index in [0.717, 1.165) is 48.1 Å². The van der Waals surface area contributed by atoms with Crippen molar-refractivity contribution in [1.82, 2.24) is 9.88 Å². The molecule has 1 heterocycles. The van der Waals surface area contributed by atoms with Gasteiger partial charge in [0.2, 0.25) is 0 Å². The third-order valence-electron chi connectivity index (χ3n) is 3.47. The number of allylic oxidation sites excluding steroid dienone is 1. The highest BCUT2D eigenvalue weighted by Crippen LogP contribution is 2.29. The van der Waals surface area contributed by atoms with Crippen molar-refractivity contribution in [2.45, 2.75) is 12.8 Å². The van der Waals surface area contributed by atoms with Crippen LogP contribution < -0.4 is 11.1 Å². The molecule has 4 heteroatoms. The molecule has 2 aromatic rings. The monoisotopic (exact) mass is 284 g/mol. The standard InChI is InChI=1S/C17H24N4/c1-4-8-14-13-9-5-6-10-15(13)17(20-16(14)18)19-11-7-12-21(2)3/h4-6,9-10H,1,7-8,11-12H2,2-3H3,(H3,18,19,20). The molecule has 0 aliphatic heterocycles. The summed E-state index contributed by atoms with van der Waals surface area (Å²) < 4.78 is 0. The van der Waals surface area contributed by atoms with Crippen molar-refractivity contribution in [1.29, 1.82) is 0 Å². The second-order valence-electron chi connectivity index (χ2n) is 5.45. The molecule has 3 N–H and O–H groups in total.